The Labute approximate surface area is 239 Å². The van der Waals surface area contributed by atoms with Gasteiger partial charge in [0.1, 0.15) is 23.7 Å². The van der Waals surface area contributed by atoms with Crippen molar-refractivity contribution in [3.8, 4) is 11.3 Å². The second-order valence-electron chi connectivity index (χ2n) is 10.3. The molecule has 0 bridgehead atoms. The van der Waals surface area contributed by atoms with Gasteiger partial charge < -0.3 is 20.9 Å². The number of rotatable bonds is 5. The molecule has 0 spiro atoms. The Hall–Kier alpha value is -4.68. The number of likely N-dealkylation sites (N-methyl/N-ethyl adjacent to an activating group) is 1. The van der Waals surface area contributed by atoms with Crippen molar-refractivity contribution in [1.29, 1.82) is 0 Å². The summed E-state index contributed by atoms with van der Waals surface area (Å²) >= 11 is 1.42. The first-order valence-corrected chi connectivity index (χ1v) is 14.2. The molecule has 12 heteroatoms. The number of nitrogens with two attached hydrogens (primary N) is 1. The predicted octanol–water partition coefficient (Wildman–Crippen LogP) is 3.99. The van der Waals surface area contributed by atoms with Gasteiger partial charge in [0, 0.05) is 44.1 Å². The third-order valence-corrected chi connectivity index (χ3v) is 8.37. The fourth-order valence-corrected chi connectivity index (χ4v) is 6.29. The Balaban J connectivity index is 1.33. The standard InChI is InChI=1S/C29H28N10OS/c1-17(40)33-29-35-22-8-7-18(13-23(22)41-29)26-25-27(30)31-16-32-28(25)39(36-26)15-19-14-24(38-11-9-37(2)10-12-38)34-21-6-4-3-5-20(19)21/h3-8,13-14,16H,9-12,15H2,1-2H3,(H2,30,31,32)(H,33,35,40). The Morgan fingerprint density at radius 2 is 1.85 bits per heavy atom. The first-order valence-electron chi connectivity index (χ1n) is 13.4. The molecule has 1 aliphatic heterocycles. The number of carbonyl (C=O) groups excluding carboxylic acids is 1. The highest BCUT2D eigenvalue weighted by atomic mass is 32.1. The largest absolute Gasteiger partial charge is 0.383 e. The number of nitrogens with zero attached hydrogens (tertiary/aromatic N) is 8. The molecule has 6 aromatic rings. The van der Waals surface area contributed by atoms with Crippen molar-refractivity contribution in [2.24, 2.45) is 0 Å². The van der Waals surface area contributed by atoms with Crippen LogP contribution in [-0.4, -0.2) is 73.8 Å². The van der Waals surface area contributed by atoms with Gasteiger partial charge in [0.25, 0.3) is 0 Å². The van der Waals surface area contributed by atoms with E-state index in [0.717, 1.165) is 64.2 Å². The van der Waals surface area contributed by atoms with E-state index >= 15 is 0 Å². The Morgan fingerprint density at radius 3 is 2.68 bits per heavy atom. The molecule has 0 saturated carbocycles. The molecule has 4 aromatic heterocycles. The maximum absolute atomic E-state index is 11.5. The van der Waals surface area contributed by atoms with Gasteiger partial charge in [0.2, 0.25) is 5.91 Å². The first-order chi connectivity index (χ1) is 19.9. The minimum atomic E-state index is -0.154. The molecule has 41 heavy (non-hydrogen) atoms. The summed E-state index contributed by atoms with van der Waals surface area (Å²) < 4.78 is 2.83. The third kappa shape index (κ3) is 4.70. The monoisotopic (exact) mass is 564 g/mol. The number of hydrogen-bond donors (Lipinski definition) is 2. The van der Waals surface area contributed by atoms with Gasteiger partial charge in [0.15, 0.2) is 10.8 Å². The van der Waals surface area contributed by atoms with E-state index < -0.39 is 0 Å². The van der Waals surface area contributed by atoms with E-state index in [4.69, 9.17) is 15.8 Å². The topological polar surface area (TPSA) is 131 Å². The number of hydrogen-bond acceptors (Lipinski definition) is 10. The highest BCUT2D eigenvalue weighted by Gasteiger charge is 2.21. The van der Waals surface area contributed by atoms with Gasteiger partial charge >= 0.3 is 0 Å². The van der Waals surface area contributed by atoms with Crippen LogP contribution < -0.4 is 16.0 Å². The molecule has 3 N–H and O–H groups in total. The molecule has 0 aliphatic carbocycles. The lowest BCUT2D eigenvalue weighted by Gasteiger charge is -2.33. The average molecular weight is 565 g/mol. The highest BCUT2D eigenvalue weighted by Crippen LogP contribution is 2.35. The van der Waals surface area contributed by atoms with E-state index in [-0.39, 0.29) is 5.91 Å². The predicted molar refractivity (Wildman–Crippen MR) is 163 cm³/mol. The SMILES string of the molecule is CC(=O)Nc1nc2ccc(-c3nn(Cc4cc(N5CCN(C)CC5)nc5ccccc45)c4ncnc(N)c34)cc2s1. The smallest absolute Gasteiger partial charge is 0.223 e. The lowest BCUT2D eigenvalue weighted by Crippen LogP contribution is -2.44. The quantitative estimate of drug-likeness (QED) is 0.319. The summed E-state index contributed by atoms with van der Waals surface area (Å²) in [5.74, 6) is 1.19. The molecule has 0 atom stereocenters. The van der Waals surface area contributed by atoms with Crippen LogP contribution in [0, 0.1) is 0 Å². The summed E-state index contributed by atoms with van der Waals surface area (Å²) in [5.41, 5.74) is 11.5. The van der Waals surface area contributed by atoms with E-state index in [9.17, 15) is 4.79 Å². The second kappa shape index (κ2) is 10.1. The zero-order chi connectivity index (χ0) is 28.1. The second-order valence-corrected chi connectivity index (χ2v) is 11.3. The van der Waals surface area contributed by atoms with E-state index in [1.54, 1.807) is 0 Å². The van der Waals surface area contributed by atoms with Crippen LogP contribution in [0.5, 0.6) is 0 Å². The molecule has 5 heterocycles. The molecule has 1 saturated heterocycles. The first kappa shape index (κ1) is 25.3. The number of carbonyl (C=O) groups is 1. The number of amides is 1. The van der Waals surface area contributed by atoms with Gasteiger partial charge in [-0.1, -0.05) is 35.6 Å². The zero-order valence-corrected chi connectivity index (χ0v) is 23.5. The van der Waals surface area contributed by atoms with Crippen LogP contribution in [0.15, 0.2) is 54.9 Å². The molecular formula is C29H28N10OS. The van der Waals surface area contributed by atoms with Crippen molar-refractivity contribution in [2.45, 2.75) is 13.5 Å². The summed E-state index contributed by atoms with van der Waals surface area (Å²) in [5, 5.41) is 10.2. The minimum Gasteiger partial charge on any atom is -0.383 e. The maximum Gasteiger partial charge on any atom is 0.223 e. The molecule has 206 valence electrons. The fourth-order valence-electron chi connectivity index (χ4n) is 5.34. The Kier molecular flexibility index (Phi) is 6.20. The van der Waals surface area contributed by atoms with Gasteiger partial charge in [-0.2, -0.15) is 5.10 Å². The number of piperazine rings is 1. The average Bonchev–Trinajstić information content (AvgIpc) is 3.54. The fraction of sp³-hybridized carbons (Fsp3) is 0.241. The van der Waals surface area contributed by atoms with E-state index in [0.29, 0.717) is 34.2 Å². The van der Waals surface area contributed by atoms with Crippen LogP contribution in [-0.2, 0) is 11.3 Å². The summed E-state index contributed by atoms with van der Waals surface area (Å²) in [6.07, 6.45) is 1.48. The van der Waals surface area contributed by atoms with Gasteiger partial charge in [-0.05, 0) is 36.9 Å². The van der Waals surface area contributed by atoms with Crippen LogP contribution in [0.3, 0.4) is 0 Å². The number of para-hydroxylation sites is 1. The molecule has 1 amide bonds. The number of fused-ring (bicyclic) bond motifs is 3. The maximum atomic E-state index is 11.5. The van der Waals surface area contributed by atoms with Crippen LogP contribution >= 0.6 is 11.3 Å². The van der Waals surface area contributed by atoms with Crippen molar-refractivity contribution in [2.75, 3.05) is 49.2 Å². The molecule has 0 radical (unpaired) electrons. The van der Waals surface area contributed by atoms with E-state index in [1.165, 1.54) is 24.6 Å². The number of benzene rings is 2. The molecule has 1 aliphatic rings. The van der Waals surface area contributed by atoms with Crippen LogP contribution in [0.1, 0.15) is 12.5 Å². The molecule has 11 nitrogen and oxygen atoms in total. The number of pyridine rings is 1. The lowest BCUT2D eigenvalue weighted by molar-refractivity contribution is -0.114. The Morgan fingerprint density at radius 1 is 1.02 bits per heavy atom. The molecule has 2 aromatic carbocycles. The highest BCUT2D eigenvalue weighted by molar-refractivity contribution is 7.22. The number of anilines is 3. The van der Waals surface area contributed by atoms with Crippen molar-refractivity contribution in [1.82, 2.24) is 34.6 Å². The Bertz CT molecular complexity index is 1940. The molecule has 0 unspecified atom stereocenters. The summed E-state index contributed by atoms with van der Waals surface area (Å²) in [7, 11) is 2.15. The van der Waals surface area contributed by atoms with Crippen molar-refractivity contribution < 1.29 is 4.79 Å². The van der Waals surface area contributed by atoms with Gasteiger partial charge in [-0.3, -0.25) is 4.79 Å². The number of nitrogen functional groups attached to an aromatic ring is 1. The third-order valence-electron chi connectivity index (χ3n) is 7.44. The normalized spacial score (nSPS) is 14.3. The zero-order valence-electron chi connectivity index (χ0n) is 22.7. The minimum absolute atomic E-state index is 0.154. The van der Waals surface area contributed by atoms with Gasteiger partial charge in [-0.15, -0.1) is 0 Å². The van der Waals surface area contributed by atoms with Crippen molar-refractivity contribution >= 4 is 66.2 Å². The summed E-state index contributed by atoms with van der Waals surface area (Å²) in [6, 6.07) is 16.3. The molecule has 1 fully saturated rings. The summed E-state index contributed by atoms with van der Waals surface area (Å²) in [4.78, 5) is 34.6. The number of thiazole rings is 1. The van der Waals surface area contributed by atoms with Gasteiger partial charge in [-0.25, -0.2) is 24.6 Å². The van der Waals surface area contributed by atoms with E-state index in [2.05, 4.69) is 55.3 Å². The molecular weight excluding hydrogens is 536 g/mol. The van der Waals surface area contributed by atoms with Crippen molar-refractivity contribution in [3.63, 3.8) is 0 Å². The van der Waals surface area contributed by atoms with Crippen LogP contribution in [0.4, 0.5) is 16.8 Å². The van der Waals surface area contributed by atoms with Crippen LogP contribution in [0.25, 0.3) is 43.4 Å². The number of nitrogens with one attached hydrogen (secondary N) is 1. The number of aromatic nitrogens is 6. The van der Waals surface area contributed by atoms with Crippen molar-refractivity contribution in [3.05, 3.63) is 60.4 Å². The van der Waals surface area contributed by atoms with E-state index in [1.807, 2.05) is 35.0 Å². The molecule has 7 rings (SSSR count). The van der Waals surface area contributed by atoms with Gasteiger partial charge in [0.05, 0.1) is 27.7 Å². The summed E-state index contributed by atoms with van der Waals surface area (Å²) in [6.45, 7) is 5.84. The lowest BCUT2D eigenvalue weighted by atomic mass is 10.1. The van der Waals surface area contributed by atoms with Crippen LogP contribution in [0.2, 0.25) is 0 Å².